The largest absolute Gasteiger partial charge is 0.599 e. The van der Waals surface area contributed by atoms with Crippen LogP contribution in [0.3, 0.4) is 0 Å². The van der Waals surface area contributed by atoms with Crippen molar-refractivity contribution < 1.29 is 19.4 Å². The Labute approximate surface area is 114 Å². The molecule has 19 heavy (non-hydrogen) atoms. The maximum absolute atomic E-state index is 11.6. The van der Waals surface area contributed by atoms with Crippen LogP contribution in [0.1, 0.15) is 60.8 Å². The standard InChI is InChI=1S/C13H24N2O4/c1-11(2,3)19-18-10(16)7-8-13(6)9-12(4,5)15(17)14-13/h7-9H2,1-6H3. The third-order valence-electron chi connectivity index (χ3n) is 2.92. The molecule has 1 unspecified atom stereocenters. The third-order valence-corrected chi connectivity index (χ3v) is 2.92. The summed E-state index contributed by atoms with van der Waals surface area (Å²) in [6.07, 6.45) is 1.28. The van der Waals surface area contributed by atoms with Crippen molar-refractivity contribution in [1.82, 2.24) is 0 Å². The lowest BCUT2D eigenvalue weighted by Gasteiger charge is -2.19. The van der Waals surface area contributed by atoms with Gasteiger partial charge in [0.25, 0.3) is 0 Å². The normalized spacial score (nSPS) is 26.1. The summed E-state index contributed by atoms with van der Waals surface area (Å²) in [5.74, 6) is -0.437. The molecule has 0 saturated heterocycles. The zero-order valence-electron chi connectivity index (χ0n) is 12.6. The first kappa shape index (κ1) is 15.9. The molecule has 1 aliphatic rings. The van der Waals surface area contributed by atoms with Crippen molar-refractivity contribution in [3.05, 3.63) is 5.21 Å². The Morgan fingerprint density at radius 1 is 1.37 bits per heavy atom. The van der Waals surface area contributed by atoms with E-state index >= 15 is 0 Å². The maximum Gasteiger partial charge on any atom is 0.342 e. The van der Waals surface area contributed by atoms with Gasteiger partial charge in [-0.15, -0.1) is 0 Å². The molecule has 6 heteroatoms. The van der Waals surface area contributed by atoms with E-state index in [2.05, 4.69) is 5.11 Å². The molecular weight excluding hydrogens is 248 g/mol. The smallest absolute Gasteiger partial charge is 0.342 e. The van der Waals surface area contributed by atoms with Crippen LogP contribution in [0.4, 0.5) is 0 Å². The Bertz CT molecular complexity index is 385. The van der Waals surface area contributed by atoms with Crippen LogP contribution < -0.4 is 0 Å². The number of nitrogens with zero attached hydrogens (tertiary/aromatic N) is 2. The minimum absolute atomic E-state index is 0.181. The highest BCUT2D eigenvalue weighted by molar-refractivity contribution is 5.68. The van der Waals surface area contributed by atoms with Crippen LogP contribution in [-0.2, 0) is 14.6 Å². The van der Waals surface area contributed by atoms with Crippen LogP contribution in [0.15, 0.2) is 5.11 Å². The lowest BCUT2D eigenvalue weighted by atomic mass is 9.85. The quantitative estimate of drug-likeness (QED) is 0.341. The van der Waals surface area contributed by atoms with Gasteiger partial charge in [-0.1, -0.05) is 4.86 Å². The number of azo groups is 1. The van der Waals surface area contributed by atoms with Crippen molar-refractivity contribution in [3.8, 4) is 0 Å². The number of rotatable bonds is 4. The van der Waals surface area contributed by atoms with Crippen molar-refractivity contribution in [1.29, 1.82) is 0 Å². The van der Waals surface area contributed by atoms with Gasteiger partial charge >= 0.3 is 5.97 Å². The molecule has 1 aliphatic heterocycles. The topological polar surface area (TPSA) is 74.0 Å². The zero-order chi connectivity index (χ0) is 14.9. The summed E-state index contributed by atoms with van der Waals surface area (Å²) in [6.45, 7) is 11.0. The fraction of sp³-hybridized carbons (Fsp3) is 0.923. The van der Waals surface area contributed by atoms with E-state index in [1.165, 1.54) is 0 Å². The molecule has 1 heterocycles. The first-order chi connectivity index (χ1) is 8.44. The Hall–Kier alpha value is -1.17. The minimum Gasteiger partial charge on any atom is -0.599 e. The first-order valence-corrected chi connectivity index (χ1v) is 6.52. The van der Waals surface area contributed by atoms with Crippen LogP contribution in [0.5, 0.6) is 0 Å². The number of carbonyl (C=O) groups is 1. The summed E-state index contributed by atoms with van der Waals surface area (Å²) in [6, 6.07) is 0. The Kier molecular flexibility index (Phi) is 4.24. The van der Waals surface area contributed by atoms with Crippen molar-refractivity contribution in [2.24, 2.45) is 5.11 Å². The van der Waals surface area contributed by atoms with Crippen molar-refractivity contribution >= 4 is 5.97 Å². The van der Waals surface area contributed by atoms with Crippen molar-refractivity contribution in [2.75, 3.05) is 0 Å². The van der Waals surface area contributed by atoms with E-state index in [9.17, 15) is 10.0 Å². The highest BCUT2D eigenvalue weighted by Gasteiger charge is 2.47. The van der Waals surface area contributed by atoms with Gasteiger partial charge in [0.05, 0.1) is 6.42 Å². The molecule has 0 bridgehead atoms. The zero-order valence-corrected chi connectivity index (χ0v) is 12.6. The number of hydroxylamine groups is 1. The molecule has 1 atom stereocenters. The van der Waals surface area contributed by atoms with Crippen LogP contribution in [0.2, 0.25) is 0 Å². The molecule has 0 aromatic heterocycles. The molecule has 0 amide bonds. The van der Waals surface area contributed by atoms with E-state index in [-0.39, 0.29) is 6.42 Å². The van der Waals surface area contributed by atoms with E-state index in [0.29, 0.717) is 12.8 Å². The summed E-state index contributed by atoms with van der Waals surface area (Å²) < 4.78 is 0. The molecule has 1 rings (SSSR count). The molecule has 0 aliphatic carbocycles. The van der Waals surface area contributed by atoms with Crippen molar-refractivity contribution in [2.45, 2.75) is 77.5 Å². The van der Waals surface area contributed by atoms with Crippen molar-refractivity contribution in [3.63, 3.8) is 0 Å². The Balaban J connectivity index is 2.44. The van der Waals surface area contributed by atoms with Crippen LogP contribution >= 0.6 is 0 Å². The highest BCUT2D eigenvalue weighted by Crippen LogP contribution is 2.36. The Morgan fingerprint density at radius 2 is 1.95 bits per heavy atom. The van der Waals surface area contributed by atoms with Gasteiger partial charge < -0.3 is 5.21 Å². The summed E-state index contributed by atoms with van der Waals surface area (Å²) in [7, 11) is 0. The summed E-state index contributed by atoms with van der Waals surface area (Å²) >= 11 is 0. The SMILES string of the molecule is CC1(CCC(=O)OOC(C)(C)C)CC(C)(C)[N+]([O-])=N1. The molecule has 0 fully saturated rings. The predicted octanol–water partition coefficient (Wildman–Crippen LogP) is 2.94. The van der Waals surface area contributed by atoms with Gasteiger partial charge in [-0.3, -0.25) is 4.89 Å². The summed E-state index contributed by atoms with van der Waals surface area (Å²) in [4.78, 5) is 22.0. The summed E-state index contributed by atoms with van der Waals surface area (Å²) in [5, 5.41) is 15.7. The predicted molar refractivity (Wildman–Crippen MR) is 69.3 cm³/mol. The lowest BCUT2D eigenvalue weighted by molar-refractivity contribution is -0.588. The van der Waals surface area contributed by atoms with Crippen LogP contribution in [0, 0.1) is 5.21 Å². The second-order valence-electron chi connectivity index (χ2n) is 7.01. The van der Waals surface area contributed by atoms with Crippen LogP contribution in [0.25, 0.3) is 0 Å². The molecule has 0 N–H and O–H groups in total. The van der Waals surface area contributed by atoms with E-state index in [1.807, 2.05) is 20.8 Å². The number of carbonyl (C=O) groups excluding carboxylic acids is 1. The fourth-order valence-corrected chi connectivity index (χ4v) is 2.11. The van der Waals surface area contributed by atoms with E-state index < -0.39 is 22.6 Å². The number of hydrogen-bond acceptors (Lipinski definition) is 5. The van der Waals surface area contributed by atoms with E-state index in [1.54, 1.807) is 20.8 Å². The molecule has 0 saturated carbocycles. The molecule has 110 valence electrons. The second-order valence-corrected chi connectivity index (χ2v) is 7.01. The van der Waals surface area contributed by atoms with Crippen LogP contribution in [-0.4, -0.2) is 27.5 Å². The van der Waals surface area contributed by atoms with Gasteiger partial charge in [0, 0.05) is 20.3 Å². The third kappa shape index (κ3) is 4.78. The molecule has 0 aromatic rings. The molecule has 0 spiro atoms. The van der Waals surface area contributed by atoms with Gasteiger partial charge in [0.15, 0.2) is 5.54 Å². The average Bonchev–Trinajstić information content (AvgIpc) is 2.42. The maximum atomic E-state index is 11.6. The minimum atomic E-state index is -0.523. The van der Waals surface area contributed by atoms with Gasteiger partial charge in [0.2, 0.25) is 0 Å². The molecule has 6 nitrogen and oxygen atoms in total. The monoisotopic (exact) mass is 272 g/mol. The van der Waals surface area contributed by atoms with Gasteiger partial charge in [-0.2, -0.15) is 4.89 Å². The average molecular weight is 272 g/mol. The highest BCUT2D eigenvalue weighted by atomic mass is 17.2. The van der Waals surface area contributed by atoms with Gasteiger partial charge in [-0.05, 0) is 39.2 Å². The van der Waals surface area contributed by atoms with Gasteiger partial charge in [0.1, 0.15) is 11.1 Å². The van der Waals surface area contributed by atoms with E-state index in [4.69, 9.17) is 9.78 Å². The van der Waals surface area contributed by atoms with Gasteiger partial charge in [-0.25, -0.2) is 4.79 Å². The summed E-state index contributed by atoms with van der Waals surface area (Å²) in [5.41, 5.74) is -1.54. The number of hydrogen-bond donors (Lipinski definition) is 0. The lowest BCUT2D eigenvalue weighted by Crippen LogP contribution is -2.31. The first-order valence-electron chi connectivity index (χ1n) is 6.52. The fourth-order valence-electron chi connectivity index (χ4n) is 2.11. The second kappa shape index (κ2) is 5.07. The molecular formula is C13H24N2O4. The molecule has 0 radical (unpaired) electrons. The Morgan fingerprint density at radius 3 is 2.37 bits per heavy atom. The van der Waals surface area contributed by atoms with E-state index in [0.717, 1.165) is 4.86 Å². The molecule has 0 aromatic carbocycles.